The lowest BCUT2D eigenvalue weighted by Crippen LogP contribution is -2.49. The number of carbonyl (C=O) groups excluding carboxylic acids is 1. The Morgan fingerprint density at radius 2 is 1.90 bits per heavy atom. The summed E-state index contributed by atoms with van der Waals surface area (Å²) in [6.45, 7) is 1.93. The van der Waals surface area contributed by atoms with Crippen LogP contribution in [0.15, 0.2) is 41.8 Å². The van der Waals surface area contributed by atoms with Crippen LogP contribution in [0.25, 0.3) is 0 Å². The highest BCUT2D eigenvalue weighted by atomic mass is 35.6. The van der Waals surface area contributed by atoms with Crippen molar-refractivity contribution in [3.05, 3.63) is 52.2 Å². The van der Waals surface area contributed by atoms with Crippen LogP contribution >= 0.6 is 46.1 Å². The number of nitrogens with one attached hydrogen (secondary N) is 2. The molecule has 0 fully saturated rings. The molecule has 2 N–H and O–H groups in total. The summed E-state index contributed by atoms with van der Waals surface area (Å²) in [5, 5.41) is 7.57. The Balaban J connectivity index is 2.16. The fourth-order valence-corrected chi connectivity index (χ4v) is 2.65. The monoisotopic (exact) mass is 362 g/mol. The van der Waals surface area contributed by atoms with Crippen LogP contribution in [0.5, 0.6) is 0 Å². The zero-order valence-corrected chi connectivity index (χ0v) is 14.2. The minimum Gasteiger partial charge on any atom is -0.362 e. The van der Waals surface area contributed by atoms with Crippen molar-refractivity contribution in [1.29, 1.82) is 0 Å². The zero-order valence-electron chi connectivity index (χ0n) is 11.1. The van der Waals surface area contributed by atoms with Gasteiger partial charge < -0.3 is 10.6 Å². The Kier molecular flexibility index (Phi) is 5.38. The summed E-state index contributed by atoms with van der Waals surface area (Å²) in [6, 6.07) is 11.1. The molecule has 0 saturated heterocycles. The smallest absolute Gasteiger partial charge is 0.263 e. The van der Waals surface area contributed by atoms with Gasteiger partial charge in [0.1, 0.15) is 6.17 Å². The van der Waals surface area contributed by atoms with Gasteiger partial charge in [0.05, 0.1) is 4.88 Å². The standard InChI is InChI=1S/C14H13Cl3N2OS/c1-9-5-2-3-6-10(9)18-13(14(15,16)17)19-12(20)11-7-4-8-21-11/h2-8,13,18H,1H3,(H,19,20)/t13-/m1/s1. The number of amides is 1. The summed E-state index contributed by atoms with van der Waals surface area (Å²) in [5.41, 5.74) is 1.78. The van der Waals surface area contributed by atoms with Crippen molar-refractivity contribution in [2.45, 2.75) is 16.9 Å². The predicted octanol–water partition coefficient (Wildman–Crippen LogP) is 4.59. The lowest BCUT2D eigenvalue weighted by atomic mass is 10.2. The van der Waals surface area contributed by atoms with E-state index in [0.717, 1.165) is 11.3 Å². The molecule has 0 aliphatic carbocycles. The highest BCUT2D eigenvalue weighted by molar-refractivity contribution is 7.12. The van der Waals surface area contributed by atoms with Crippen LogP contribution in [-0.2, 0) is 0 Å². The van der Waals surface area contributed by atoms with Gasteiger partial charge in [-0.25, -0.2) is 0 Å². The molecule has 1 heterocycles. The fourth-order valence-electron chi connectivity index (χ4n) is 1.70. The molecule has 0 aliphatic rings. The lowest BCUT2D eigenvalue weighted by molar-refractivity contribution is 0.0946. The molecule has 21 heavy (non-hydrogen) atoms. The van der Waals surface area contributed by atoms with Crippen LogP contribution in [0.3, 0.4) is 0 Å². The summed E-state index contributed by atoms with van der Waals surface area (Å²) >= 11 is 19.2. The Morgan fingerprint density at radius 3 is 2.48 bits per heavy atom. The average molecular weight is 364 g/mol. The Bertz CT molecular complexity index is 611. The van der Waals surface area contributed by atoms with Crippen LogP contribution < -0.4 is 10.6 Å². The molecule has 0 aliphatic heterocycles. The molecule has 2 aromatic rings. The van der Waals surface area contributed by atoms with Crippen LogP contribution in [0.4, 0.5) is 5.69 Å². The number of aryl methyl sites for hydroxylation is 1. The summed E-state index contributed by atoms with van der Waals surface area (Å²) in [7, 11) is 0. The maximum absolute atomic E-state index is 12.1. The van der Waals surface area contributed by atoms with Crippen molar-refractivity contribution < 1.29 is 4.79 Å². The van der Waals surface area contributed by atoms with Gasteiger partial charge in [0.15, 0.2) is 0 Å². The van der Waals surface area contributed by atoms with Gasteiger partial charge in [-0.3, -0.25) is 4.79 Å². The van der Waals surface area contributed by atoms with Crippen LogP contribution in [-0.4, -0.2) is 15.9 Å². The van der Waals surface area contributed by atoms with Crippen molar-refractivity contribution in [2.24, 2.45) is 0 Å². The first-order valence-corrected chi connectivity index (χ1v) is 8.12. The third-order valence-electron chi connectivity index (χ3n) is 2.79. The van der Waals surface area contributed by atoms with E-state index < -0.39 is 9.96 Å². The number of halogens is 3. The molecule has 0 saturated carbocycles. The van der Waals surface area contributed by atoms with E-state index >= 15 is 0 Å². The SMILES string of the molecule is Cc1ccccc1N[C@H](NC(=O)c1cccs1)C(Cl)(Cl)Cl. The molecule has 1 atom stereocenters. The Hall–Kier alpha value is -0.940. The molecule has 7 heteroatoms. The first kappa shape index (κ1) is 16.4. The number of benzene rings is 1. The largest absolute Gasteiger partial charge is 0.362 e. The van der Waals surface area contributed by atoms with E-state index in [1.807, 2.05) is 36.6 Å². The highest BCUT2D eigenvalue weighted by Gasteiger charge is 2.34. The zero-order chi connectivity index (χ0) is 15.5. The van der Waals surface area contributed by atoms with Gasteiger partial charge in [-0.2, -0.15) is 0 Å². The summed E-state index contributed by atoms with van der Waals surface area (Å²) in [6.07, 6.45) is -0.849. The number of hydrogen-bond donors (Lipinski definition) is 2. The van der Waals surface area contributed by atoms with Crippen molar-refractivity contribution >= 4 is 57.7 Å². The van der Waals surface area contributed by atoms with E-state index in [2.05, 4.69) is 10.6 Å². The first-order valence-electron chi connectivity index (χ1n) is 6.11. The third kappa shape index (κ3) is 4.51. The van der Waals surface area contributed by atoms with Crippen LogP contribution in [0.2, 0.25) is 0 Å². The van der Waals surface area contributed by atoms with E-state index in [-0.39, 0.29) is 5.91 Å². The van der Waals surface area contributed by atoms with Gasteiger partial charge >= 0.3 is 0 Å². The third-order valence-corrected chi connectivity index (χ3v) is 4.32. The summed E-state index contributed by atoms with van der Waals surface area (Å²) in [4.78, 5) is 12.7. The second-order valence-electron chi connectivity index (χ2n) is 4.38. The summed E-state index contributed by atoms with van der Waals surface area (Å²) < 4.78 is -1.69. The molecule has 0 bridgehead atoms. The number of anilines is 1. The molecular weight excluding hydrogens is 351 g/mol. The van der Waals surface area contributed by atoms with Gasteiger partial charge in [0, 0.05) is 5.69 Å². The molecule has 112 valence electrons. The minimum atomic E-state index is -1.69. The number of para-hydroxylation sites is 1. The van der Waals surface area contributed by atoms with Crippen LogP contribution in [0.1, 0.15) is 15.2 Å². The van der Waals surface area contributed by atoms with E-state index in [4.69, 9.17) is 34.8 Å². The van der Waals surface area contributed by atoms with E-state index in [9.17, 15) is 4.79 Å². The number of thiophene rings is 1. The number of carbonyl (C=O) groups is 1. The molecule has 0 spiro atoms. The summed E-state index contributed by atoms with van der Waals surface area (Å²) in [5.74, 6) is -0.289. The van der Waals surface area contributed by atoms with Crippen molar-refractivity contribution in [3.63, 3.8) is 0 Å². The van der Waals surface area contributed by atoms with Gasteiger partial charge in [0.2, 0.25) is 3.79 Å². The van der Waals surface area contributed by atoms with Crippen LogP contribution in [0, 0.1) is 6.92 Å². The molecule has 0 unspecified atom stereocenters. The molecule has 1 aromatic carbocycles. The van der Waals surface area contributed by atoms with E-state index in [1.165, 1.54) is 11.3 Å². The predicted molar refractivity (Wildman–Crippen MR) is 90.7 cm³/mol. The molecule has 1 amide bonds. The highest BCUT2D eigenvalue weighted by Crippen LogP contribution is 2.32. The quantitative estimate of drug-likeness (QED) is 0.616. The van der Waals surface area contributed by atoms with E-state index in [1.54, 1.807) is 12.1 Å². The Morgan fingerprint density at radius 1 is 1.19 bits per heavy atom. The average Bonchev–Trinajstić information content (AvgIpc) is 2.93. The second kappa shape index (κ2) is 6.88. The minimum absolute atomic E-state index is 0.289. The lowest BCUT2D eigenvalue weighted by Gasteiger charge is -2.27. The van der Waals surface area contributed by atoms with Gasteiger partial charge in [-0.15, -0.1) is 11.3 Å². The topological polar surface area (TPSA) is 41.1 Å². The normalized spacial score (nSPS) is 12.8. The first-order chi connectivity index (χ1) is 9.88. The van der Waals surface area contributed by atoms with Gasteiger partial charge in [0.25, 0.3) is 5.91 Å². The van der Waals surface area contributed by atoms with E-state index in [0.29, 0.717) is 4.88 Å². The molecule has 3 nitrogen and oxygen atoms in total. The van der Waals surface area contributed by atoms with Crippen molar-refractivity contribution in [1.82, 2.24) is 5.32 Å². The molecule has 1 aromatic heterocycles. The Labute approximate surface area is 142 Å². The van der Waals surface area contributed by atoms with Gasteiger partial charge in [-0.05, 0) is 30.0 Å². The number of hydrogen-bond acceptors (Lipinski definition) is 3. The van der Waals surface area contributed by atoms with Crippen molar-refractivity contribution in [2.75, 3.05) is 5.32 Å². The maximum Gasteiger partial charge on any atom is 0.263 e. The molecule has 0 radical (unpaired) electrons. The molecule has 2 rings (SSSR count). The number of alkyl halides is 3. The molecular formula is C14H13Cl3N2OS. The number of rotatable bonds is 4. The van der Waals surface area contributed by atoms with Gasteiger partial charge in [-0.1, -0.05) is 59.1 Å². The second-order valence-corrected chi connectivity index (χ2v) is 7.70. The fraction of sp³-hybridized carbons (Fsp3) is 0.214. The maximum atomic E-state index is 12.1. The van der Waals surface area contributed by atoms with Crippen molar-refractivity contribution in [3.8, 4) is 0 Å².